The van der Waals surface area contributed by atoms with Crippen LogP contribution in [0, 0.1) is 0 Å². The molecule has 0 aromatic carbocycles. The largest absolute Gasteiger partial charge is 0.382 e. The molecule has 0 saturated heterocycles. The molecular formula is C12H27N3O. The number of hydrogen-bond donors (Lipinski definition) is 2. The van der Waals surface area contributed by atoms with Gasteiger partial charge in [-0.3, -0.25) is 4.99 Å². The minimum absolute atomic E-state index is 0.813. The van der Waals surface area contributed by atoms with Gasteiger partial charge in [-0.1, -0.05) is 13.3 Å². The van der Waals surface area contributed by atoms with E-state index < -0.39 is 0 Å². The lowest BCUT2D eigenvalue weighted by Gasteiger charge is -2.11. The number of unbranched alkanes of at least 4 members (excludes halogenated alkanes) is 2. The van der Waals surface area contributed by atoms with Crippen LogP contribution in [0.25, 0.3) is 0 Å². The number of ether oxygens (including phenoxy) is 1. The lowest BCUT2D eigenvalue weighted by molar-refractivity contribution is 0.143. The fraction of sp³-hybridized carbons (Fsp3) is 0.917. The number of nitrogens with one attached hydrogen (secondary N) is 2. The summed E-state index contributed by atoms with van der Waals surface area (Å²) in [6.07, 6.45) is 4.62. The van der Waals surface area contributed by atoms with Crippen molar-refractivity contribution in [3.8, 4) is 0 Å². The second-order valence-corrected chi connectivity index (χ2v) is 3.68. The highest BCUT2D eigenvalue weighted by molar-refractivity contribution is 5.79. The molecular weight excluding hydrogens is 202 g/mol. The van der Waals surface area contributed by atoms with E-state index in [1.165, 1.54) is 12.8 Å². The van der Waals surface area contributed by atoms with Crippen LogP contribution in [-0.2, 0) is 4.74 Å². The number of nitrogens with zero attached hydrogens (tertiary/aromatic N) is 1. The molecule has 0 rings (SSSR count). The van der Waals surface area contributed by atoms with Gasteiger partial charge in [0.25, 0.3) is 0 Å². The van der Waals surface area contributed by atoms with Gasteiger partial charge in [0.15, 0.2) is 5.96 Å². The van der Waals surface area contributed by atoms with E-state index in [1.807, 2.05) is 14.0 Å². The van der Waals surface area contributed by atoms with Crippen LogP contribution in [0.15, 0.2) is 4.99 Å². The monoisotopic (exact) mass is 229 g/mol. The molecule has 16 heavy (non-hydrogen) atoms. The lowest BCUT2D eigenvalue weighted by atomic mass is 10.3. The van der Waals surface area contributed by atoms with E-state index in [9.17, 15) is 0 Å². The second-order valence-electron chi connectivity index (χ2n) is 3.68. The SMILES string of the molecule is CCCCNC(=NC)NCCCCOCC. The predicted octanol–water partition coefficient (Wildman–Crippen LogP) is 1.77. The molecule has 2 N–H and O–H groups in total. The first-order valence-electron chi connectivity index (χ1n) is 6.37. The van der Waals surface area contributed by atoms with Crippen molar-refractivity contribution in [2.45, 2.75) is 39.5 Å². The zero-order valence-electron chi connectivity index (χ0n) is 11.0. The molecule has 0 unspecified atom stereocenters. The van der Waals surface area contributed by atoms with Crippen LogP contribution in [0.4, 0.5) is 0 Å². The van der Waals surface area contributed by atoms with Gasteiger partial charge in [-0.2, -0.15) is 0 Å². The van der Waals surface area contributed by atoms with Gasteiger partial charge in [-0.25, -0.2) is 0 Å². The average Bonchev–Trinajstić information content (AvgIpc) is 2.31. The van der Waals surface area contributed by atoms with Crippen molar-refractivity contribution in [2.24, 2.45) is 4.99 Å². The summed E-state index contributed by atoms with van der Waals surface area (Å²) >= 11 is 0. The van der Waals surface area contributed by atoms with Crippen molar-refractivity contribution in [3.05, 3.63) is 0 Å². The van der Waals surface area contributed by atoms with Gasteiger partial charge in [-0.05, 0) is 26.2 Å². The van der Waals surface area contributed by atoms with Crippen molar-refractivity contribution >= 4 is 5.96 Å². The van der Waals surface area contributed by atoms with Gasteiger partial charge in [0.1, 0.15) is 0 Å². The second kappa shape index (κ2) is 12.3. The fourth-order valence-corrected chi connectivity index (χ4v) is 1.28. The van der Waals surface area contributed by atoms with Gasteiger partial charge < -0.3 is 15.4 Å². The molecule has 0 amide bonds. The zero-order chi connectivity index (χ0) is 12.1. The smallest absolute Gasteiger partial charge is 0.190 e. The van der Waals surface area contributed by atoms with E-state index in [4.69, 9.17) is 4.74 Å². The van der Waals surface area contributed by atoms with Crippen LogP contribution in [0.3, 0.4) is 0 Å². The lowest BCUT2D eigenvalue weighted by Crippen LogP contribution is -2.38. The normalized spacial score (nSPS) is 11.6. The molecule has 0 bridgehead atoms. The van der Waals surface area contributed by atoms with Crippen molar-refractivity contribution in [3.63, 3.8) is 0 Å². The van der Waals surface area contributed by atoms with E-state index >= 15 is 0 Å². The quantitative estimate of drug-likeness (QED) is 0.360. The maximum Gasteiger partial charge on any atom is 0.190 e. The highest BCUT2D eigenvalue weighted by Crippen LogP contribution is 1.88. The molecule has 0 radical (unpaired) electrons. The molecule has 96 valence electrons. The zero-order valence-corrected chi connectivity index (χ0v) is 11.0. The Morgan fingerprint density at radius 2 is 1.75 bits per heavy atom. The molecule has 4 nitrogen and oxygen atoms in total. The van der Waals surface area contributed by atoms with Crippen molar-refractivity contribution in [2.75, 3.05) is 33.4 Å². The molecule has 0 heterocycles. The Bertz CT molecular complexity index is 172. The molecule has 0 fully saturated rings. The Labute approximate surface area is 99.9 Å². The van der Waals surface area contributed by atoms with E-state index in [1.54, 1.807) is 0 Å². The van der Waals surface area contributed by atoms with Crippen LogP contribution in [0.1, 0.15) is 39.5 Å². The maximum absolute atomic E-state index is 5.27. The fourth-order valence-electron chi connectivity index (χ4n) is 1.28. The third kappa shape index (κ3) is 9.77. The number of hydrogen-bond acceptors (Lipinski definition) is 2. The van der Waals surface area contributed by atoms with E-state index in [2.05, 4.69) is 22.5 Å². The van der Waals surface area contributed by atoms with Gasteiger partial charge in [0.2, 0.25) is 0 Å². The highest BCUT2D eigenvalue weighted by atomic mass is 16.5. The van der Waals surface area contributed by atoms with Crippen LogP contribution in [-0.4, -0.2) is 39.3 Å². The number of guanidine groups is 1. The Morgan fingerprint density at radius 3 is 2.31 bits per heavy atom. The minimum Gasteiger partial charge on any atom is -0.382 e. The van der Waals surface area contributed by atoms with E-state index in [0.717, 1.165) is 45.1 Å². The van der Waals surface area contributed by atoms with Crippen LogP contribution in [0.2, 0.25) is 0 Å². The van der Waals surface area contributed by atoms with Crippen LogP contribution >= 0.6 is 0 Å². The molecule has 0 saturated carbocycles. The molecule has 0 atom stereocenters. The van der Waals surface area contributed by atoms with Crippen molar-refractivity contribution in [1.82, 2.24) is 10.6 Å². The Kier molecular flexibility index (Phi) is 11.7. The Hall–Kier alpha value is -0.770. The molecule has 0 spiro atoms. The average molecular weight is 229 g/mol. The standard InChI is InChI=1S/C12H27N3O/c1-4-6-9-14-12(13-3)15-10-7-8-11-16-5-2/h4-11H2,1-3H3,(H2,13,14,15). The first-order chi connectivity index (χ1) is 7.85. The Morgan fingerprint density at radius 1 is 1.06 bits per heavy atom. The first kappa shape index (κ1) is 15.2. The van der Waals surface area contributed by atoms with Crippen molar-refractivity contribution < 1.29 is 4.74 Å². The summed E-state index contributed by atoms with van der Waals surface area (Å²) in [5, 5.41) is 6.57. The summed E-state index contributed by atoms with van der Waals surface area (Å²) in [5.41, 5.74) is 0. The summed E-state index contributed by atoms with van der Waals surface area (Å²) in [7, 11) is 1.81. The van der Waals surface area contributed by atoms with Gasteiger partial charge in [0, 0.05) is 33.4 Å². The summed E-state index contributed by atoms with van der Waals surface area (Å²) < 4.78 is 5.27. The van der Waals surface area contributed by atoms with Crippen LogP contribution < -0.4 is 10.6 Å². The Balaban J connectivity index is 3.34. The number of aliphatic imine (C=N–C) groups is 1. The summed E-state index contributed by atoms with van der Waals surface area (Å²) in [5.74, 6) is 0.907. The topological polar surface area (TPSA) is 45.7 Å². The van der Waals surface area contributed by atoms with Crippen LogP contribution in [0.5, 0.6) is 0 Å². The summed E-state index contributed by atoms with van der Waals surface area (Å²) in [6.45, 7) is 7.84. The van der Waals surface area contributed by atoms with Gasteiger partial charge in [0.05, 0.1) is 0 Å². The third-order valence-corrected chi connectivity index (χ3v) is 2.26. The molecule has 0 aliphatic rings. The molecule has 4 heteroatoms. The van der Waals surface area contributed by atoms with E-state index in [0.29, 0.717) is 0 Å². The first-order valence-corrected chi connectivity index (χ1v) is 6.37. The highest BCUT2D eigenvalue weighted by Gasteiger charge is 1.95. The molecule has 0 aliphatic carbocycles. The summed E-state index contributed by atoms with van der Waals surface area (Å²) in [6, 6.07) is 0. The number of rotatable bonds is 9. The van der Waals surface area contributed by atoms with Gasteiger partial charge >= 0.3 is 0 Å². The third-order valence-electron chi connectivity index (χ3n) is 2.26. The minimum atomic E-state index is 0.813. The summed E-state index contributed by atoms with van der Waals surface area (Å²) in [4.78, 5) is 4.16. The maximum atomic E-state index is 5.27. The molecule has 0 aromatic rings. The predicted molar refractivity (Wildman–Crippen MR) is 70.0 cm³/mol. The van der Waals surface area contributed by atoms with Crippen molar-refractivity contribution in [1.29, 1.82) is 0 Å². The molecule has 0 aliphatic heterocycles. The van der Waals surface area contributed by atoms with Gasteiger partial charge in [-0.15, -0.1) is 0 Å². The van der Waals surface area contributed by atoms with E-state index in [-0.39, 0.29) is 0 Å². The molecule has 0 aromatic heterocycles.